The minimum absolute atomic E-state index is 0.288. The number of nitrogens with two attached hydrogens (primary N) is 1. The molecule has 1 atom stereocenters. The topological polar surface area (TPSA) is 53.0 Å². The minimum atomic E-state index is 0.288. The van der Waals surface area contributed by atoms with Crippen molar-refractivity contribution in [3.05, 3.63) is 0 Å². The van der Waals surface area contributed by atoms with Crippen LogP contribution in [-0.4, -0.2) is 31.1 Å². The molecule has 0 fully saturated rings. The second kappa shape index (κ2) is 6.14. The molecule has 0 aliphatic rings. The van der Waals surface area contributed by atoms with Crippen LogP contribution < -0.4 is 5.73 Å². The van der Waals surface area contributed by atoms with E-state index in [0.717, 1.165) is 19.4 Å². The van der Waals surface area contributed by atoms with Gasteiger partial charge in [-0.1, -0.05) is 6.92 Å². The van der Waals surface area contributed by atoms with Gasteiger partial charge in [-0.05, 0) is 19.9 Å². The average Bonchev–Trinajstić information content (AvgIpc) is 2.01. The molecule has 0 aromatic heterocycles. The van der Waals surface area contributed by atoms with Gasteiger partial charge in [0.2, 0.25) is 0 Å². The normalized spacial score (nSPS) is 13.0. The third-order valence-electron chi connectivity index (χ3n) is 1.75. The summed E-state index contributed by atoms with van der Waals surface area (Å²) in [7, 11) is 1.94. The highest BCUT2D eigenvalue weighted by Crippen LogP contribution is 1.94. The molecule has 0 saturated heterocycles. The molecule has 0 amide bonds. The number of rotatable bonds is 5. The number of hydrogen-bond donors (Lipinski definition) is 1. The lowest BCUT2D eigenvalue weighted by Gasteiger charge is -2.14. The van der Waals surface area contributed by atoms with E-state index in [9.17, 15) is 0 Å². The summed E-state index contributed by atoms with van der Waals surface area (Å²) in [6.07, 6.45) is 2.00. The van der Waals surface area contributed by atoms with E-state index >= 15 is 0 Å². The Bertz CT molecular complexity index is 128. The Kier molecular flexibility index (Phi) is 5.81. The molecule has 0 rings (SSSR count). The van der Waals surface area contributed by atoms with Gasteiger partial charge < -0.3 is 5.73 Å². The summed E-state index contributed by atoms with van der Waals surface area (Å²) in [5.41, 5.74) is 5.71. The van der Waals surface area contributed by atoms with Crippen molar-refractivity contribution < 1.29 is 0 Å². The summed E-state index contributed by atoms with van der Waals surface area (Å²) in [5.74, 6) is 0. The minimum Gasteiger partial charge on any atom is -0.328 e. The Balaban J connectivity index is 3.31. The summed E-state index contributed by atoms with van der Waals surface area (Å²) in [6, 6.07) is 2.38. The predicted molar refractivity (Wildman–Crippen MR) is 46.0 cm³/mol. The van der Waals surface area contributed by atoms with E-state index in [1.54, 1.807) is 0 Å². The Morgan fingerprint density at radius 1 is 1.64 bits per heavy atom. The van der Waals surface area contributed by atoms with Crippen LogP contribution in [0.1, 0.15) is 19.8 Å². The van der Waals surface area contributed by atoms with Crippen molar-refractivity contribution in [1.29, 1.82) is 5.26 Å². The second-order valence-electron chi connectivity index (χ2n) is 2.85. The zero-order valence-corrected chi connectivity index (χ0v) is 7.38. The van der Waals surface area contributed by atoms with Crippen molar-refractivity contribution >= 4 is 0 Å². The van der Waals surface area contributed by atoms with Crippen LogP contribution in [0.25, 0.3) is 0 Å². The number of nitriles is 1. The Morgan fingerprint density at radius 2 is 2.27 bits per heavy atom. The van der Waals surface area contributed by atoms with Gasteiger partial charge in [0.15, 0.2) is 0 Å². The van der Waals surface area contributed by atoms with Crippen LogP contribution in [0.15, 0.2) is 0 Å². The molecule has 1 unspecified atom stereocenters. The molecule has 0 spiro atoms. The first-order valence-electron chi connectivity index (χ1n) is 4.01. The van der Waals surface area contributed by atoms with E-state index in [1.807, 2.05) is 11.9 Å². The lowest BCUT2D eigenvalue weighted by molar-refractivity contribution is 0.350. The van der Waals surface area contributed by atoms with Crippen molar-refractivity contribution in [2.45, 2.75) is 25.8 Å². The first kappa shape index (κ1) is 10.4. The maximum absolute atomic E-state index is 8.34. The monoisotopic (exact) mass is 155 g/mol. The van der Waals surface area contributed by atoms with Gasteiger partial charge in [-0.3, -0.25) is 4.90 Å². The molecule has 0 bridgehead atoms. The quantitative estimate of drug-likeness (QED) is 0.590. The van der Waals surface area contributed by atoms with Gasteiger partial charge in [-0.15, -0.1) is 0 Å². The van der Waals surface area contributed by atoms with E-state index in [2.05, 4.69) is 13.0 Å². The van der Waals surface area contributed by atoms with Gasteiger partial charge in [0.1, 0.15) is 0 Å². The van der Waals surface area contributed by atoms with Gasteiger partial charge >= 0.3 is 0 Å². The zero-order chi connectivity index (χ0) is 8.69. The van der Waals surface area contributed by atoms with Crippen molar-refractivity contribution in [3.8, 4) is 6.07 Å². The second-order valence-corrected chi connectivity index (χ2v) is 2.85. The van der Waals surface area contributed by atoms with E-state index in [4.69, 9.17) is 11.0 Å². The van der Waals surface area contributed by atoms with E-state index < -0.39 is 0 Å². The van der Waals surface area contributed by atoms with Crippen molar-refractivity contribution in [3.63, 3.8) is 0 Å². The molecule has 0 heterocycles. The van der Waals surface area contributed by atoms with Crippen molar-refractivity contribution in [2.75, 3.05) is 20.1 Å². The van der Waals surface area contributed by atoms with Crippen molar-refractivity contribution in [2.24, 2.45) is 5.73 Å². The largest absolute Gasteiger partial charge is 0.328 e. The van der Waals surface area contributed by atoms with Gasteiger partial charge in [0, 0.05) is 12.6 Å². The summed E-state index contributed by atoms with van der Waals surface area (Å²) in [6.45, 7) is 3.49. The third-order valence-corrected chi connectivity index (χ3v) is 1.75. The van der Waals surface area contributed by atoms with Gasteiger partial charge in [0.05, 0.1) is 12.6 Å². The van der Waals surface area contributed by atoms with Gasteiger partial charge in [-0.25, -0.2) is 0 Å². The first-order chi connectivity index (χ1) is 5.20. The highest BCUT2D eigenvalue weighted by atomic mass is 15.1. The molecule has 0 aromatic carbocycles. The summed E-state index contributed by atoms with van der Waals surface area (Å²) in [4.78, 5) is 1.98. The maximum Gasteiger partial charge on any atom is 0.0863 e. The Labute approximate surface area is 68.8 Å². The average molecular weight is 155 g/mol. The van der Waals surface area contributed by atoms with Crippen LogP contribution in [0, 0.1) is 11.3 Å². The van der Waals surface area contributed by atoms with E-state index in [0.29, 0.717) is 6.54 Å². The molecule has 0 saturated carbocycles. The third kappa shape index (κ3) is 5.84. The molecule has 64 valence electrons. The van der Waals surface area contributed by atoms with Gasteiger partial charge in [0.25, 0.3) is 0 Å². The van der Waals surface area contributed by atoms with Crippen LogP contribution >= 0.6 is 0 Å². The molecular weight excluding hydrogens is 138 g/mol. The predicted octanol–water partition coefficient (Wildman–Crippen LogP) is 0.569. The number of nitrogens with zero attached hydrogens (tertiary/aromatic N) is 2. The smallest absolute Gasteiger partial charge is 0.0863 e. The summed E-state index contributed by atoms with van der Waals surface area (Å²) < 4.78 is 0. The van der Waals surface area contributed by atoms with Crippen LogP contribution in [0.5, 0.6) is 0 Å². The summed E-state index contributed by atoms with van der Waals surface area (Å²) >= 11 is 0. The lowest BCUT2D eigenvalue weighted by Crippen LogP contribution is -2.27. The molecule has 3 heteroatoms. The molecule has 0 radical (unpaired) electrons. The van der Waals surface area contributed by atoms with Crippen LogP contribution in [-0.2, 0) is 0 Å². The standard InChI is InChI=1S/C8H17N3/c1-3-8(10)4-6-11(2)7-5-9/h8H,3-4,6-7,10H2,1-2H3. The first-order valence-corrected chi connectivity index (χ1v) is 4.01. The number of hydrogen-bond acceptors (Lipinski definition) is 3. The van der Waals surface area contributed by atoms with Crippen molar-refractivity contribution in [1.82, 2.24) is 4.90 Å². The SMILES string of the molecule is CCC(N)CCN(C)CC#N. The zero-order valence-electron chi connectivity index (χ0n) is 7.38. The maximum atomic E-state index is 8.34. The molecule has 0 aromatic rings. The Morgan fingerprint density at radius 3 is 2.73 bits per heavy atom. The fraction of sp³-hybridized carbons (Fsp3) is 0.875. The highest BCUT2D eigenvalue weighted by molar-refractivity contribution is 4.74. The fourth-order valence-electron chi connectivity index (χ4n) is 0.790. The lowest BCUT2D eigenvalue weighted by atomic mass is 10.2. The Hall–Kier alpha value is -0.590. The molecule has 3 nitrogen and oxygen atoms in total. The molecule has 0 aliphatic carbocycles. The van der Waals surface area contributed by atoms with E-state index in [1.165, 1.54) is 0 Å². The summed E-state index contributed by atoms with van der Waals surface area (Å²) in [5, 5.41) is 8.34. The van der Waals surface area contributed by atoms with Crippen LogP contribution in [0.2, 0.25) is 0 Å². The van der Waals surface area contributed by atoms with Crippen LogP contribution in [0.3, 0.4) is 0 Å². The fourth-order valence-corrected chi connectivity index (χ4v) is 0.790. The van der Waals surface area contributed by atoms with Crippen LogP contribution in [0.4, 0.5) is 0 Å². The van der Waals surface area contributed by atoms with E-state index in [-0.39, 0.29) is 6.04 Å². The molecule has 0 aliphatic heterocycles. The molecule has 2 N–H and O–H groups in total. The van der Waals surface area contributed by atoms with Gasteiger partial charge in [-0.2, -0.15) is 5.26 Å². The molecule has 11 heavy (non-hydrogen) atoms. The molecular formula is C8H17N3. The highest BCUT2D eigenvalue weighted by Gasteiger charge is 2.01.